The van der Waals surface area contributed by atoms with Crippen LogP contribution in [-0.4, -0.2) is 30.4 Å². The maximum atomic E-state index is 11.8. The highest BCUT2D eigenvalue weighted by molar-refractivity contribution is 6.31. The molecule has 0 heterocycles. The van der Waals surface area contributed by atoms with Crippen molar-refractivity contribution in [1.29, 1.82) is 0 Å². The standard InChI is InChI=1S/C13H18ClN3O/c1-17(10-3-4-10)7-6-13(18)16-12-5-2-9(14)8-11(12)15/h2,5,8,10H,3-4,6-7,15H2,1H3,(H,16,18). The van der Waals surface area contributed by atoms with E-state index in [-0.39, 0.29) is 5.91 Å². The molecular formula is C13H18ClN3O. The number of carbonyl (C=O) groups is 1. The number of nitrogens with zero attached hydrogens (tertiary/aromatic N) is 1. The number of halogens is 1. The molecule has 0 aromatic heterocycles. The number of nitrogens with one attached hydrogen (secondary N) is 1. The van der Waals surface area contributed by atoms with Gasteiger partial charge in [-0.3, -0.25) is 4.79 Å². The highest BCUT2D eigenvalue weighted by Crippen LogP contribution is 2.25. The van der Waals surface area contributed by atoms with E-state index in [1.54, 1.807) is 18.2 Å². The third kappa shape index (κ3) is 3.62. The molecule has 1 saturated carbocycles. The quantitative estimate of drug-likeness (QED) is 0.805. The number of nitrogens with two attached hydrogens (primary N) is 1. The summed E-state index contributed by atoms with van der Waals surface area (Å²) < 4.78 is 0. The maximum Gasteiger partial charge on any atom is 0.225 e. The van der Waals surface area contributed by atoms with Gasteiger partial charge >= 0.3 is 0 Å². The van der Waals surface area contributed by atoms with E-state index >= 15 is 0 Å². The molecule has 3 N–H and O–H groups in total. The van der Waals surface area contributed by atoms with Crippen LogP contribution in [0, 0.1) is 0 Å². The molecule has 1 aliphatic carbocycles. The van der Waals surface area contributed by atoms with E-state index in [0.29, 0.717) is 28.9 Å². The van der Waals surface area contributed by atoms with Crippen molar-refractivity contribution in [3.8, 4) is 0 Å². The van der Waals surface area contributed by atoms with Crippen LogP contribution in [0.3, 0.4) is 0 Å². The zero-order valence-corrected chi connectivity index (χ0v) is 11.2. The largest absolute Gasteiger partial charge is 0.397 e. The van der Waals surface area contributed by atoms with Gasteiger partial charge < -0.3 is 16.0 Å². The molecule has 0 radical (unpaired) electrons. The Hall–Kier alpha value is -1.26. The van der Waals surface area contributed by atoms with Crippen LogP contribution >= 0.6 is 11.6 Å². The van der Waals surface area contributed by atoms with E-state index < -0.39 is 0 Å². The van der Waals surface area contributed by atoms with Crippen molar-refractivity contribution in [1.82, 2.24) is 4.90 Å². The van der Waals surface area contributed by atoms with Gasteiger partial charge in [0.25, 0.3) is 0 Å². The van der Waals surface area contributed by atoms with Gasteiger partial charge in [0, 0.05) is 24.0 Å². The van der Waals surface area contributed by atoms with Crippen molar-refractivity contribution in [2.24, 2.45) is 0 Å². The summed E-state index contributed by atoms with van der Waals surface area (Å²) in [5, 5.41) is 3.37. The van der Waals surface area contributed by atoms with Gasteiger partial charge in [0.2, 0.25) is 5.91 Å². The summed E-state index contributed by atoms with van der Waals surface area (Å²) in [6.45, 7) is 0.782. The van der Waals surface area contributed by atoms with Gasteiger partial charge in [-0.1, -0.05) is 11.6 Å². The van der Waals surface area contributed by atoms with Gasteiger partial charge in [0.15, 0.2) is 0 Å². The fourth-order valence-electron chi connectivity index (χ4n) is 1.84. The molecule has 0 aliphatic heterocycles. The van der Waals surface area contributed by atoms with Crippen LogP contribution in [0.15, 0.2) is 18.2 Å². The maximum absolute atomic E-state index is 11.8. The molecule has 1 amide bonds. The Bertz CT molecular complexity index is 446. The van der Waals surface area contributed by atoms with Crippen LogP contribution in [0.5, 0.6) is 0 Å². The minimum absolute atomic E-state index is 0.0171. The van der Waals surface area contributed by atoms with Crippen LogP contribution < -0.4 is 11.1 Å². The molecule has 0 bridgehead atoms. The Morgan fingerprint density at radius 2 is 2.28 bits per heavy atom. The van der Waals surface area contributed by atoms with Crippen molar-refractivity contribution in [2.75, 3.05) is 24.6 Å². The average Bonchev–Trinajstić information content (AvgIpc) is 3.14. The molecule has 2 rings (SSSR count). The first-order valence-corrected chi connectivity index (χ1v) is 6.49. The predicted molar refractivity (Wildman–Crippen MR) is 74.8 cm³/mol. The van der Waals surface area contributed by atoms with Crippen LogP contribution in [-0.2, 0) is 4.79 Å². The summed E-state index contributed by atoms with van der Waals surface area (Å²) in [5.74, 6) is -0.0171. The average molecular weight is 268 g/mol. The van der Waals surface area contributed by atoms with E-state index in [9.17, 15) is 4.79 Å². The minimum Gasteiger partial charge on any atom is -0.397 e. The van der Waals surface area contributed by atoms with Gasteiger partial charge in [-0.2, -0.15) is 0 Å². The number of benzene rings is 1. The lowest BCUT2D eigenvalue weighted by Crippen LogP contribution is -2.26. The summed E-state index contributed by atoms with van der Waals surface area (Å²) in [6.07, 6.45) is 2.99. The molecule has 1 aromatic carbocycles. The Labute approximate surface area is 112 Å². The first kappa shape index (κ1) is 13.2. The zero-order chi connectivity index (χ0) is 13.1. The predicted octanol–water partition coefficient (Wildman–Crippen LogP) is 2.35. The molecule has 5 heteroatoms. The van der Waals surface area contributed by atoms with Crippen LogP contribution in [0.1, 0.15) is 19.3 Å². The molecule has 0 atom stereocenters. The number of carbonyl (C=O) groups excluding carboxylic acids is 1. The lowest BCUT2D eigenvalue weighted by molar-refractivity contribution is -0.116. The monoisotopic (exact) mass is 267 g/mol. The van der Waals surface area contributed by atoms with E-state index in [1.807, 2.05) is 0 Å². The fraction of sp³-hybridized carbons (Fsp3) is 0.462. The Morgan fingerprint density at radius 1 is 1.56 bits per heavy atom. The Kier molecular flexibility index (Phi) is 4.09. The van der Waals surface area contributed by atoms with Gasteiger partial charge in [-0.25, -0.2) is 0 Å². The molecule has 0 spiro atoms. The summed E-state index contributed by atoms with van der Waals surface area (Å²) in [7, 11) is 2.06. The molecule has 1 fully saturated rings. The first-order valence-electron chi connectivity index (χ1n) is 6.11. The summed E-state index contributed by atoms with van der Waals surface area (Å²) >= 11 is 5.80. The van der Waals surface area contributed by atoms with Gasteiger partial charge in [0.05, 0.1) is 11.4 Å². The van der Waals surface area contributed by atoms with Gasteiger partial charge in [-0.15, -0.1) is 0 Å². The highest BCUT2D eigenvalue weighted by Gasteiger charge is 2.25. The number of rotatable bonds is 5. The van der Waals surface area contributed by atoms with Crippen molar-refractivity contribution in [2.45, 2.75) is 25.3 Å². The van der Waals surface area contributed by atoms with Gasteiger partial charge in [0.1, 0.15) is 0 Å². The summed E-state index contributed by atoms with van der Waals surface area (Å²) in [6, 6.07) is 5.75. The number of hydrogen-bond donors (Lipinski definition) is 2. The highest BCUT2D eigenvalue weighted by atomic mass is 35.5. The fourth-order valence-corrected chi connectivity index (χ4v) is 2.02. The van der Waals surface area contributed by atoms with E-state index in [0.717, 1.165) is 6.54 Å². The Morgan fingerprint density at radius 3 is 2.89 bits per heavy atom. The van der Waals surface area contributed by atoms with Crippen molar-refractivity contribution in [3.63, 3.8) is 0 Å². The number of amides is 1. The third-order valence-corrected chi connectivity index (χ3v) is 3.38. The minimum atomic E-state index is -0.0171. The molecular weight excluding hydrogens is 250 g/mol. The smallest absolute Gasteiger partial charge is 0.225 e. The normalized spacial score (nSPS) is 14.8. The molecule has 4 nitrogen and oxygen atoms in total. The molecule has 0 saturated heterocycles. The third-order valence-electron chi connectivity index (χ3n) is 3.15. The summed E-state index contributed by atoms with van der Waals surface area (Å²) in [5.41, 5.74) is 6.89. The van der Waals surface area contributed by atoms with Crippen LogP contribution in [0.2, 0.25) is 5.02 Å². The van der Waals surface area contributed by atoms with E-state index in [2.05, 4.69) is 17.3 Å². The second-order valence-electron chi connectivity index (χ2n) is 4.74. The first-order chi connectivity index (χ1) is 8.56. The number of anilines is 2. The molecule has 1 aliphatic rings. The summed E-state index contributed by atoms with van der Waals surface area (Å²) in [4.78, 5) is 14.0. The second-order valence-corrected chi connectivity index (χ2v) is 5.18. The lowest BCUT2D eigenvalue weighted by atomic mass is 10.2. The molecule has 0 unspecified atom stereocenters. The molecule has 98 valence electrons. The van der Waals surface area contributed by atoms with E-state index in [4.69, 9.17) is 17.3 Å². The number of hydrogen-bond acceptors (Lipinski definition) is 3. The Balaban J connectivity index is 1.82. The SMILES string of the molecule is CN(CCC(=O)Nc1ccc(Cl)cc1N)C1CC1. The number of nitrogen functional groups attached to an aromatic ring is 1. The van der Waals surface area contributed by atoms with Crippen LogP contribution in [0.25, 0.3) is 0 Å². The van der Waals surface area contributed by atoms with Crippen molar-refractivity contribution < 1.29 is 4.79 Å². The van der Waals surface area contributed by atoms with Gasteiger partial charge in [-0.05, 0) is 38.1 Å². The van der Waals surface area contributed by atoms with Crippen molar-refractivity contribution >= 4 is 28.9 Å². The van der Waals surface area contributed by atoms with Crippen molar-refractivity contribution in [3.05, 3.63) is 23.2 Å². The molecule has 18 heavy (non-hydrogen) atoms. The van der Waals surface area contributed by atoms with Crippen LogP contribution in [0.4, 0.5) is 11.4 Å². The topological polar surface area (TPSA) is 58.4 Å². The lowest BCUT2D eigenvalue weighted by Gasteiger charge is -2.15. The zero-order valence-electron chi connectivity index (χ0n) is 10.4. The van der Waals surface area contributed by atoms with E-state index in [1.165, 1.54) is 12.8 Å². The second kappa shape index (κ2) is 5.59. The molecule has 1 aromatic rings.